The topological polar surface area (TPSA) is 83.4 Å². The Labute approximate surface area is 115 Å². The van der Waals surface area contributed by atoms with Gasteiger partial charge in [0.05, 0.1) is 23.5 Å². The van der Waals surface area contributed by atoms with Crippen molar-refractivity contribution in [2.24, 2.45) is 0 Å². The first kappa shape index (κ1) is 13.7. The Morgan fingerprint density at radius 1 is 1.10 bits per heavy atom. The van der Waals surface area contributed by atoms with Gasteiger partial charge in [0.25, 0.3) is 5.91 Å². The second kappa shape index (κ2) is 5.92. The van der Waals surface area contributed by atoms with E-state index in [1.807, 2.05) is 0 Å². The number of carbonyl (C=O) groups excluding carboxylic acids is 1. The quantitative estimate of drug-likeness (QED) is 0.909. The van der Waals surface area contributed by atoms with Crippen LogP contribution < -0.4 is 0 Å². The predicted octanol–water partition coefficient (Wildman–Crippen LogP) is 1.45. The Morgan fingerprint density at radius 2 is 1.80 bits per heavy atom. The van der Waals surface area contributed by atoms with Crippen molar-refractivity contribution < 1.29 is 14.7 Å². The lowest BCUT2D eigenvalue weighted by Crippen LogP contribution is -2.26. The van der Waals surface area contributed by atoms with Gasteiger partial charge in [0.15, 0.2) is 0 Å². The minimum absolute atomic E-state index is 0.165. The van der Waals surface area contributed by atoms with Crippen LogP contribution in [0.15, 0.2) is 42.7 Å². The minimum Gasteiger partial charge on any atom is -0.478 e. The first-order chi connectivity index (χ1) is 9.58. The first-order valence-corrected chi connectivity index (χ1v) is 5.92. The molecular formula is C14H13N3O3. The van der Waals surface area contributed by atoms with Crippen molar-refractivity contribution in [2.75, 3.05) is 7.05 Å². The molecule has 1 heterocycles. The molecular weight excluding hydrogens is 258 g/mol. The van der Waals surface area contributed by atoms with Crippen LogP contribution in [-0.4, -0.2) is 39.1 Å². The number of aromatic nitrogens is 2. The number of rotatable bonds is 4. The van der Waals surface area contributed by atoms with Crippen molar-refractivity contribution in [1.29, 1.82) is 0 Å². The number of aromatic carboxylic acids is 1. The fourth-order valence-corrected chi connectivity index (χ4v) is 1.74. The molecule has 0 atom stereocenters. The van der Waals surface area contributed by atoms with E-state index in [0.29, 0.717) is 12.1 Å². The van der Waals surface area contributed by atoms with E-state index in [1.54, 1.807) is 25.2 Å². The molecule has 0 saturated heterocycles. The summed E-state index contributed by atoms with van der Waals surface area (Å²) in [6.45, 7) is 0.390. The normalized spacial score (nSPS) is 10.1. The van der Waals surface area contributed by atoms with Crippen molar-refractivity contribution in [3.8, 4) is 0 Å². The molecule has 0 aliphatic carbocycles. The van der Waals surface area contributed by atoms with Crippen LogP contribution in [0.5, 0.6) is 0 Å². The van der Waals surface area contributed by atoms with Crippen LogP contribution in [0.1, 0.15) is 26.3 Å². The Balaban J connectivity index is 2.06. The van der Waals surface area contributed by atoms with E-state index < -0.39 is 5.97 Å². The predicted molar refractivity (Wildman–Crippen MR) is 71.2 cm³/mol. The van der Waals surface area contributed by atoms with E-state index in [2.05, 4.69) is 10.2 Å². The van der Waals surface area contributed by atoms with Crippen LogP contribution in [0.4, 0.5) is 0 Å². The van der Waals surface area contributed by atoms with E-state index in [1.165, 1.54) is 29.4 Å². The lowest BCUT2D eigenvalue weighted by Gasteiger charge is -2.17. The fourth-order valence-electron chi connectivity index (χ4n) is 1.74. The van der Waals surface area contributed by atoms with Crippen molar-refractivity contribution in [2.45, 2.75) is 6.54 Å². The summed E-state index contributed by atoms with van der Waals surface area (Å²) in [5.41, 5.74) is 1.54. The van der Waals surface area contributed by atoms with E-state index in [9.17, 15) is 9.59 Å². The van der Waals surface area contributed by atoms with Gasteiger partial charge < -0.3 is 10.0 Å². The first-order valence-electron chi connectivity index (χ1n) is 5.92. The zero-order chi connectivity index (χ0) is 14.5. The SMILES string of the molecule is CN(Cc1ccc(C(=O)O)cc1)C(=O)c1ccnnc1. The summed E-state index contributed by atoms with van der Waals surface area (Å²) in [6, 6.07) is 8.02. The summed E-state index contributed by atoms with van der Waals surface area (Å²) in [5.74, 6) is -1.13. The van der Waals surface area contributed by atoms with E-state index >= 15 is 0 Å². The molecule has 1 aromatic carbocycles. The van der Waals surface area contributed by atoms with Gasteiger partial charge in [-0.1, -0.05) is 12.1 Å². The molecule has 0 aliphatic rings. The summed E-state index contributed by atoms with van der Waals surface area (Å²) in [5, 5.41) is 16.1. The number of carboxylic acids is 1. The van der Waals surface area contributed by atoms with Crippen LogP contribution in [0.25, 0.3) is 0 Å². The summed E-state index contributed by atoms with van der Waals surface area (Å²) in [7, 11) is 1.67. The summed E-state index contributed by atoms with van der Waals surface area (Å²) in [4.78, 5) is 24.4. The van der Waals surface area contributed by atoms with Gasteiger partial charge in [0.2, 0.25) is 0 Å². The molecule has 102 valence electrons. The third-order valence-electron chi connectivity index (χ3n) is 2.80. The standard InChI is InChI=1S/C14H13N3O3/c1-17(13(18)12-6-7-15-16-8-12)9-10-2-4-11(5-3-10)14(19)20/h2-8H,9H2,1H3,(H,19,20). The van der Waals surface area contributed by atoms with Crippen molar-refractivity contribution in [1.82, 2.24) is 15.1 Å². The lowest BCUT2D eigenvalue weighted by molar-refractivity contribution is 0.0695. The monoisotopic (exact) mass is 271 g/mol. The van der Waals surface area contributed by atoms with Crippen molar-refractivity contribution in [3.63, 3.8) is 0 Å². The molecule has 0 aliphatic heterocycles. The van der Waals surface area contributed by atoms with Gasteiger partial charge in [0.1, 0.15) is 0 Å². The zero-order valence-corrected chi connectivity index (χ0v) is 10.9. The maximum atomic E-state index is 12.1. The van der Waals surface area contributed by atoms with Gasteiger partial charge in [-0.15, -0.1) is 0 Å². The number of amides is 1. The summed E-state index contributed by atoms with van der Waals surface area (Å²) < 4.78 is 0. The van der Waals surface area contributed by atoms with Gasteiger partial charge in [0, 0.05) is 13.6 Å². The fraction of sp³-hybridized carbons (Fsp3) is 0.143. The smallest absolute Gasteiger partial charge is 0.335 e. The molecule has 20 heavy (non-hydrogen) atoms. The highest BCUT2D eigenvalue weighted by Gasteiger charge is 2.12. The third kappa shape index (κ3) is 3.17. The zero-order valence-electron chi connectivity index (χ0n) is 10.9. The van der Waals surface area contributed by atoms with Gasteiger partial charge in [-0.25, -0.2) is 4.79 Å². The van der Waals surface area contributed by atoms with Crippen LogP contribution in [0.2, 0.25) is 0 Å². The molecule has 0 unspecified atom stereocenters. The molecule has 1 aromatic heterocycles. The number of carbonyl (C=O) groups is 2. The maximum absolute atomic E-state index is 12.1. The molecule has 1 N–H and O–H groups in total. The molecule has 0 radical (unpaired) electrons. The molecule has 6 nitrogen and oxygen atoms in total. The average Bonchev–Trinajstić information content (AvgIpc) is 2.48. The van der Waals surface area contributed by atoms with Crippen LogP contribution in [-0.2, 0) is 6.54 Å². The van der Waals surface area contributed by atoms with Crippen LogP contribution in [0, 0.1) is 0 Å². The van der Waals surface area contributed by atoms with Gasteiger partial charge in [-0.2, -0.15) is 10.2 Å². The highest BCUT2D eigenvalue weighted by molar-refractivity contribution is 5.93. The van der Waals surface area contributed by atoms with Gasteiger partial charge in [-0.3, -0.25) is 4.79 Å². The van der Waals surface area contributed by atoms with E-state index in [0.717, 1.165) is 5.56 Å². The molecule has 1 amide bonds. The highest BCUT2D eigenvalue weighted by atomic mass is 16.4. The Kier molecular flexibility index (Phi) is 4.05. The molecule has 0 spiro atoms. The second-order valence-electron chi connectivity index (χ2n) is 4.29. The largest absolute Gasteiger partial charge is 0.478 e. The van der Waals surface area contributed by atoms with Gasteiger partial charge >= 0.3 is 5.97 Å². The number of nitrogens with zero attached hydrogens (tertiary/aromatic N) is 3. The number of benzene rings is 1. The number of hydrogen-bond donors (Lipinski definition) is 1. The lowest BCUT2D eigenvalue weighted by atomic mass is 10.1. The molecule has 2 aromatic rings. The summed E-state index contributed by atoms with van der Waals surface area (Å²) in [6.07, 6.45) is 2.87. The summed E-state index contributed by atoms with van der Waals surface area (Å²) >= 11 is 0. The number of hydrogen-bond acceptors (Lipinski definition) is 4. The molecule has 2 rings (SSSR count). The van der Waals surface area contributed by atoms with E-state index in [-0.39, 0.29) is 11.5 Å². The molecule has 0 bridgehead atoms. The minimum atomic E-state index is -0.969. The second-order valence-corrected chi connectivity index (χ2v) is 4.29. The Hall–Kier alpha value is -2.76. The van der Waals surface area contributed by atoms with Crippen molar-refractivity contribution in [3.05, 3.63) is 59.4 Å². The number of carboxylic acid groups (broad SMARTS) is 1. The van der Waals surface area contributed by atoms with Gasteiger partial charge in [-0.05, 0) is 23.8 Å². The highest BCUT2D eigenvalue weighted by Crippen LogP contribution is 2.09. The van der Waals surface area contributed by atoms with E-state index in [4.69, 9.17) is 5.11 Å². The Morgan fingerprint density at radius 3 is 2.35 bits per heavy atom. The van der Waals surface area contributed by atoms with Crippen LogP contribution >= 0.6 is 0 Å². The third-order valence-corrected chi connectivity index (χ3v) is 2.80. The molecule has 0 fully saturated rings. The van der Waals surface area contributed by atoms with Crippen molar-refractivity contribution >= 4 is 11.9 Å². The average molecular weight is 271 g/mol. The van der Waals surface area contributed by atoms with Crippen LogP contribution in [0.3, 0.4) is 0 Å². The molecule has 6 heteroatoms. The Bertz CT molecular complexity index is 611. The maximum Gasteiger partial charge on any atom is 0.335 e. The molecule has 0 saturated carbocycles.